The van der Waals surface area contributed by atoms with E-state index in [-0.39, 0.29) is 18.1 Å². The molecule has 0 radical (unpaired) electrons. The molecule has 3 fully saturated rings. The quantitative estimate of drug-likeness (QED) is 0.777. The van der Waals surface area contributed by atoms with Crippen LogP contribution in [0.25, 0.3) is 0 Å². The van der Waals surface area contributed by atoms with Gasteiger partial charge in [0.05, 0.1) is 18.1 Å². The summed E-state index contributed by atoms with van der Waals surface area (Å²) in [6, 6.07) is 0.531. The van der Waals surface area contributed by atoms with Gasteiger partial charge in [-0.2, -0.15) is 0 Å². The molecule has 0 aromatic rings. The number of amides is 1. The SMILES string of the molecule is CC1OC(C)C(C(=O)N2CC3CCCNC3C2)C1C. The van der Waals surface area contributed by atoms with Gasteiger partial charge in [0, 0.05) is 19.1 Å². The molecular weight excluding hydrogens is 240 g/mol. The van der Waals surface area contributed by atoms with E-state index in [9.17, 15) is 4.79 Å². The van der Waals surface area contributed by atoms with Crippen LogP contribution in [0.5, 0.6) is 0 Å². The fraction of sp³-hybridized carbons (Fsp3) is 0.933. The number of likely N-dealkylation sites (tertiary alicyclic amines) is 1. The van der Waals surface area contributed by atoms with E-state index in [2.05, 4.69) is 24.1 Å². The van der Waals surface area contributed by atoms with Crippen molar-refractivity contribution in [3.63, 3.8) is 0 Å². The molecule has 0 saturated carbocycles. The van der Waals surface area contributed by atoms with Crippen molar-refractivity contribution < 1.29 is 9.53 Å². The smallest absolute Gasteiger partial charge is 0.228 e. The standard InChI is InChI=1S/C15H26N2O2/c1-9-10(2)19-11(3)14(9)15(18)17-7-12-5-4-6-16-13(12)8-17/h9-14,16H,4-8H2,1-3H3. The summed E-state index contributed by atoms with van der Waals surface area (Å²) in [6.45, 7) is 9.23. The first-order chi connectivity index (χ1) is 9.08. The van der Waals surface area contributed by atoms with Crippen LogP contribution < -0.4 is 5.32 Å². The highest BCUT2D eigenvalue weighted by molar-refractivity contribution is 5.80. The Balaban J connectivity index is 1.68. The Kier molecular flexibility index (Phi) is 3.56. The third-order valence-corrected chi connectivity index (χ3v) is 5.44. The molecule has 6 atom stereocenters. The van der Waals surface area contributed by atoms with Crippen molar-refractivity contribution in [3.05, 3.63) is 0 Å². The lowest BCUT2D eigenvalue weighted by atomic mass is 9.88. The molecule has 1 N–H and O–H groups in total. The normalized spacial score (nSPS) is 46.4. The van der Waals surface area contributed by atoms with Gasteiger partial charge in [-0.15, -0.1) is 0 Å². The molecule has 4 heteroatoms. The number of carbonyl (C=O) groups is 1. The van der Waals surface area contributed by atoms with E-state index in [0.29, 0.717) is 23.8 Å². The number of rotatable bonds is 1. The van der Waals surface area contributed by atoms with Crippen LogP contribution in [0.3, 0.4) is 0 Å². The van der Waals surface area contributed by atoms with Crippen LogP contribution in [0, 0.1) is 17.8 Å². The zero-order valence-corrected chi connectivity index (χ0v) is 12.3. The van der Waals surface area contributed by atoms with E-state index < -0.39 is 0 Å². The Bertz CT molecular complexity index is 346. The number of nitrogens with one attached hydrogen (secondary N) is 1. The molecule has 0 aromatic heterocycles. The molecule has 108 valence electrons. The molecule has 4 nitrogen and oxygen atoms in total. The number of ether oxygens (including phenoxy) is 1. The highest BCUT2D eigenvalue weighted by Crippen LogP contribution is 2.35. The highest BCUT2D eigenvalue weighted by Gasteiger charge is 2.46. The highest BCUT2D eigenvalue weighted by atomic mass is 16.5. The second-order valence-corrected chi connectivity index (χ2v) is 6.64. The van der Waals surface area contributed by atoms with E-state index in [0.717, 1.165) is 19.6 Å². The molecule has 3 aliphatic rings. The van der Waals surface area contributed by atoms with Crippen molar-refractivity contribution in [1.29, 1.82) is 0 Å². The molecule has 0 spiro atoms. The summed E-state index contributed by atoms with van der Waals surface area (Å²) in [5, 5.41) is 3.56. The number of hydrogen-bond donors (Lipinski definition) is 1. The molecule has 19 heavy (non-hydrogen) atoms. The first-order valence-electron chi connectivity index (χ1n) is 7.75. The van der Waals surface area contributed by atoms with Crippen LogP contribution in [-0.4, -0.2) is 48.7 Å². The minimum absolute atomic E-state index is 0.0511. The van der Waals surface area contributed by atoms with Crippen molar-refractivity contribution in [1.82, 2.24) is 10.2 Å². The van der Waals surface area contributed by atoms with E-state index >= 15 is 0 Å². The Hall–Kier alpha value is -0.610. The Morgan fingerprint density at radius 2 is 2.00 bits per heavy atom. The van der Waals surface area contributed by atoms with Gasteiger partial charge in [0.2, 0.25) is 5.91 Å². The first-order valence-corrected chi connectivity index (χ1v) is 7.75. The Labute approximate surface area is 115 Å². The number of hydrogen-bond acceptors (Lipinski definition) is 3. The molecule has 0 aliphatic carbocycles. The largest absolute Gasteiger partial charge is 0.374 e. The van der Waals surface area contributed by atoms with Crippen molar-refractivity contribution in [2.45, 2.75) is 51.9 Å². The van der Waals surface area contributed by atoms with E-state index in [1.54, 1.807) is 0 Å². The van der Waals surface area contributed by atoms with Crippen LogP contribution >= 0.6 is 0 Å². The van der Waals surface area contributed by atoms with Gasteiger partial charge in [-0.05, 0) is 45.1 Å². The van der Waals surface area contributed by atoms with Gasteiger partial charge in [0.15, 0.2) is 0 Å². The Morgan fingerprint density at radius 3 is 2.63 bits per heavy atom. The van der Waals surface area contributed by atoms with Gasteiger partial charge < -0.3 is 15.0 Å². The maximum absolute atomic E-state index is 12.8. The number of nitrogens with zero attached hydrogens (tertiary/aromatic N) is 1. The maximum Gasteiger partial charge on any atom is 0.228 e. The van der Waals surface area contributed by atoms with Crippen molar-refractivity contribution in [2.24, 2.45) is 17.8 Å². The summed E-state index contributed by atoms with van der Waals surface area (Å²) in [6.07, 6.45) is 2.78. The lowest BCUT2D eigenvalue weighted by molar-refractivity contribution is -0.137. The third-order valence-electron chi connectivity index (χ3n) is 5.44. The average molecular weight is 266 g/mol. The monoisotopic (exact) mass is 266 g/mol. The van der Waals surface area contributed by atoms with Crippen LogP contribution in [0.4, 0.5) is 0 Å². The van der Waals surface area contributed by atoms with Crippen molar-refractivity contribution in [2.75, 3.05) is 19.6 Å². The number of fused-ring (bicyclic) bond motifs is 1. The lowest BCUT2D eigenvalue weighted by Gasteiger charge is -2.25. The van der Waals surface area contributed by atoms with Gasteiger partial charge in [-0.3, -0.25) is 4.79 Å². The molecule has 6 unspecified atom stereocenters. The van der Waals surface area contributed by atoms with Crippen molar-refractivity contribution >= 4 is 5.91 Å². The van der Waals surface area contributed by atoms with Crippen LogP contribution in [-0.2, 0) is 9.53 Å². The summed E-state index contributed by atoms with van der Waals surface area (Å²) in [5.74, 6) is 1.37. The minimum Gasteiger partial charge on any atom is -0.374 e. The minimum atomic E-state index is 0.0511. The summed E-state index contributed by atoms with van der Waals surface area (Å²) in [5.41, 5.74) is 0. The van der Waals surface area contributed by atoms with Gasteiger partial charge in [0.1, 0.15) is 0 Å². The fourth-order valence-corrected chi connectivity index (χ4v) is 4.13. The first kappa shape index (κ1) is 13.4. The Morgan fingerprint density at radius 1 is 1.21 bits per heavy atom. The second kappa shape index (κ2) is 5.06. The number of piperidine rings is 1. The topological polar surface area (TPSA) is 41.6 Å². The van der Waals surface area contributed by atoms with Gasteiger partial charge in [-0.1, -0.05) is 6.92 Å². The molecule has 1 amide bonds. The fourth-order valence-electron chi connectivity index (χ4n) is 4.13. The number of carbonyl (C=O) groups excluding carboxylic acids is 1. The van der Waals surface area contributed by atoms with Gasteiger partial charge >= 0.3 is 0 Å². The van der Waals surface area contributed by atoms with E-state index in [4.69, 9.17) is 4.74 Å². The molecule has 3 aliphatic heterocycles. The second-order valence-electron chi connectivity index (χ2n) is 6.64. The molecule has 0 bridgehead atoms. The molecular formula is C15H26N2O2. The molecule has 3 saturated heterocycles. The molecule has 3 rings (SSSR count). The van der Waals surface area contributed by atoms with Gasteiger partial charge in [0.25, 0.3) is 0 Å². The van der Waals surface area contributed by atoms with Crippen LogP contribution in [0.1, 0.15) is 33.6 Å². The predicted octanol–water partition coefficient (Wildman–Crippen LogP) is 1.26. The zero-order chi connectivity index (χ0) is 13.6. The van der Waals surface area contributed by atoms with Crippen LogP contribution in [0.2, 0.25) is 0 Å². The summed E-state index contributed by atoms with van der Waals surface area (Å²) in [7, 11) is 0. The van der Waals surface area contributed by atoms with Crippen molar-refractivity contribution in [3.8, 4) is 0 Å². The molecule has 0 aromatic carbocycles. The summed E-state index contributed by atoms with van der Waals surface area (Å²) >= 11 is 0. The average Bonchev–Trinajstić information content (AvgIpc) is 2.91. The van der Waals surface area contributed by atoms with Gasteiger partial charge in [-0.25, -0.2) is 0 Å². The van der Waals surface area contributed by atoms with Crippen LogP contribution in [0.15, 0.2) is 0 Å². The molecule has 3 heterocycles. The third kappa shape index (κ3) is 2.29. The lowest BCUT2D eigenvalue weighted by Crippen LogP contribution is -2.42. The van der Waals surface area contributed by atoms with E-state index in [1.165, 1.54) is 12.8 Å². The zero-order valence-electron chi connectivity index (χ0n) is 12.3. The maximum atomic E-state index is 12.8. The van der Waals surface area contributed by atoms with E-state index in [1.807, 2.05) is 6.92 Å². The predicted molar refractivity (Wildman–Crippen MR) is 73.8 cm³/mol. The summed E-state index contributed by atoms with van der Waals surface area (Å²) in [4.78, 5) is 14.9. The summed E-state index contributed by atoms with van der Waals surface area (Å²) < 4.78 is 5.82.